The van der Waals surface area contributed by atoms with Crippen molar-refractivity contribution in [2.24, 2.45) is 0 Å². The van der Waals surface area contributed by atoms with E-state index < -0.39 is 5.79 Å². The quantitative estimate of drug-likeness (QED) is 0.875. The number of benzene rings is 1. The first kappa shape index (κ1) is 12.4. The zero-order valence-electron chi connectivity index (χ0n) is 10.8. The van der Waals surface area contributed by atoms with Crippen molar-refractivity contribution in [3.63, 3.8) is 0 Å². The van der Waals surface area contributed by atoms with Crippen LogP contribution >= 0.6 is 0 Å². The standard InChI is InChI=1S/C14H18N2O3/c17-13(15-10-12-4-2-1-3-5-12)16-7-6-14(11-16)18-8-9-19-14/h1-5H,6-11H2,(H,15,17). The third-order valence-corrected chi connectivity index (χ3v) is 3.58. The zero-order valence-corrected chi connectivity index (χ0v) is 10.8. The van der Waals surface area contributed by atoms with Crippen molar-refractivity contribution in [2.45, 2.75) is 18.8 Å². The normalized spacial score (nSPS) is 20.9. The summed E-state index contributed by atoms with van der Waals surface area (Å²) in [5, 5.41) is 2.92. The van der Waals surface area contributed by atoms with Gasteiger partial charge in [-0.15, -0.1) is 0 Å². The Morgan fingerprint density at radius 2 is 2.00 bits per heavy atom. The van der Waals surface area contributed by atoms with E-state index in [0.29, 0.717) is 32.8 Å². The van der Waals surface area contributed by atoms with Gasteiger partial charge >= 0.3 is 6.03 Å². The Bertz CT molecular complexity index is 443. The molecule has 0 atom stereocenters. The molecule has 0 aliphatic carbocycles. The van der Waals surface area contributed by atoms with E-state index in [1.165, 1.54) is 0 Å². The summed E-state index contributed by atoms with van der Waals surface area (Å²) in [6.45, 7) is 3.00. The molecule has 1 aromatic rings. The number of hydrogen-bond acceptors (Lipinski definition) is 3. The Morgan fingerprint density at radius 3 is 2.74 bits per heavy atom. The maximum Gasteiger partial charge on any atom is 0.317 e. The van der Waals surface area contributed by atoms with Crippen LogP contribution in [0.15, 0.2) is 30.3 Å². The third-order valence-electron chi connectivity index (χ3n) is 3.58. The average Bonchev–Trinajstić information content (AvgIpc) is 3.08. The van der Waals surface area contributed by atoms with Crippen molar-refractivity contribution in [2.75, 3.05) is 26.3 Å². The number of carbonyl (C=O) groups is 1. The van der Waals surface area contributed by atoms with Crippen molar-refractivity contribution in [3.05, 3.63) is 35.9 Å². The minimum atomic E-state index is -0.538. The molecule has 2 fully saturated rings. The highest BCUT2D eigenvalue weighted by atomic mass is 16.7. The molecular formula is C14H18N2O3. The number of hydrogen-bond donors (Lipinski definition) is 1. The molecule has 2 saturated heterocycles. The number of urea groups is 1. The first-order chi connectivity index (χ1) is 9.27. The largest absolute Gasteiger partial charge is 0.346 e. The minimum absolute atomic E-state index is 0.0557. The van der Waals surface area contributed by atoms with Crippen LogP contribution in [0.2, 0.25) is 0 Å². The van der Waals surface area contributed by atoms with Crippen LogP contribution in [0.3, 0.4) is 0 Å². The van der Waals surface area contributed by atoms with Crippen molar-refractivity contribution < 1.29 is 14.3 Å². The van der Waals surface area contributed by atoms with E-state index in [1.54, 1.807) is 4.90 Å². The molecular weight excluding hydrogens is 244 g/mol. The summed E-state index contributed by atoms with van der Waals surface area (Å²) >= 11 is 0. The van der Waals surface area contributed by atoms with Crippen LogP contribution in [0.1, 0.15) is 12.0 Å². The van der Waals surface area contributed by atoms with Gasteiger partial charge in [-0.2, -0.15) is 0 Å². The number of nitrogens with zero attached hydrogens (tertiary/aromatic N) is 1. The van der Waals surface area contributed by atoms with Crippen LogP contribution in [0.25, 0.3) is 0 Å². The Hall–Kier alpha value is -1.59. The van der Waals surface area contributed by atoms with Crippen molar-refractivity contribution >= 4 is 6.03 Å². The van der Waals surface area contributed by atoms with Gasteiger partial charge in [-0.05, 0) is 5.56 Å². The second kappa shape index (κ2) is 5.19. The van der Waals surface area contributed by atoms with E-state index >= 15 is 0 Å². The Balaban J connectivity index is 1.51. The molecule has 2 heterocycles. The lowest BCUT2D eigenvalue weighted by molar-refractivity contribution is -0.143. The highest BCUT2D eigenvalue weighted by Crippen LogP contribution is 2.30. The zero-order chi connectivity index (χ0) is 13.1. The summed E-state index contributed by atoms with van der Waals surface area (Å²) in [7, 11) is 0. The summed E-state index contributed by atoms with van der Waals surface area (Å²) in [6, 6.07) is 9.83. The third kappa shape index (κ3) is 2.72. The van der Waals surface area contributed by atoms with Crippen molar-refractivity contribution in [3.8, 4) is 0 Å². The maximum absolute atomic E-state index is 12.1. The van der Waals surface area contributed by atoms with E-state index in [-0.39, 0.29) is 6.03 Å². The molecule has 2 aliphatic heterocycles. The molecule has 19 heavy (non-hydrogen) atoms. The van der Waals surface area contributed by atoms with Gasteiger partial charge in [-0.1, -0.05) is 30.3 Å². The summed E-state index contributed by atoms with van der Waals surface area (Å²) in [5.74, 6) is -0.538. The average molecular weight is 262 g/mol. The maximum atomic E-state index is 12.1. The summed E-state index contributed by atoms with van der Waals surface area (Å²) in [6.07, 6.45) is 0.756. The second-order valence-electron chi connectivity index (χ2n) is 4.92. The van der Waals surface area contributed by atoms with Gasteiger partial charge in [0.2, 0.25) is 0 Å². The Labute approximate surface area is 112 Å². The number of nitrogens with one attached hydrogen (secondary N) is 1. The van der Waals surface area contributed by atoms with Crippen molar-refractivity contribution in [1.82, 2.24) is 10.2 Å². The van der Waals surface area contributed by atoms with E-state index in [1.807, 2.05) is 30.3 Å². The fourth-order valence-electron chi connectivity index (χ4n) is 2.55. The molecule has 5 heteroatoms. The van der Waals surface area contributed by atoms with Crippen LogP contribution in [0.5, 0.6) is 0 Å². The first-order valence-corrected chi connectivity index (χ1v) is 6.62. The summed E-state index contributed by atoms with van der Waals surface area (Å²) in [5.41, 5.74) is 1.10. The molecule has 0 bridgehead atoms. The van der Waals surface area contributed by atoms with Crippen molar-refractivity contribution in [1.29, 1.82) is 0 Å². The van der Waals surface area contributed by atoms with E-state index in [9.17, 15) is 4.79 Å². The lowest BCUT2D eigenvalue weighted by Crippen LogP contribution is -2.41. The predicted octanol–water partition coefficient (Wildman–Crippen LogP) is 1.34. The monoisotopic (exact) mass is 262 g/mol. The number of ether oxygens (including phenoxy) is 2. The topological polar surface area (TPSA) is 50.8 Å². The number of carbonyl (C=O) groups excluding carboxylic acids is 1. The molecule has 2 aliphatic rings. The molecule has 0 saturated carbocycles. The van der Waals surface area contributed by atoms with Crippen LogP contribution in [0.4, 0.5) is 4.79 Å². The summed E-state index contributed by atoms with van der Waals surface area (Å²) < 4.78 is 11.2. The van der Waals surface area contributed by atoms with Gasteiger partial charge in [-0.25, -0.2) is 4.79 Å². The highest BCUT2D eigenvalue weighted by molar-refractivity contribution is 5.74. The molecule has 0 aromatic heterocycles. The van der Waals surface area contributed by atoms with Gasteiger partial charge < -0.3 is 19.7 Å². The number of rotatable bonds is 2. The van der Waals surface area contributed by atoms with Crippen LogP contribution in [-0.2, 0) is 16.0 Å². The SMILES string of the molecule is O=C(NCc1ccccc1)N1CCC2(C1)OCCO2. The lowest BCUT2D eigenvalue weighted by Gasteiger charge is -2.22. The first-order valence-electron chi connectivity index (χ1n) is 6.62. The molecule has 2 amide bonds. The number of amides is 2. The van der Waals surface area contributed by atoms with Gasteiger partial charge in [0.1, 0.15) is 0 Å². The molecule has 1 spiro atoms. The van der Waals surface area contributed by atoms with Gasteiger partial charge in [0, 0.05) is 19.5 Å². The second-order valence-corrected chi connectivity index (χ2v) is 4.92. The molecule has 102 valence electrons. The van der Waals surface area contributed by atoms with Crippen LogP contribution < -0.4 is 5.32 Å². The molecule has 3 rings (SSSR count). The predicted molar refractivity (Wildman–Crippen MR) is 69.5 cm³/mol. The molecule has 5 nitrogen and oxygen atoms in total. The molecule has 1 aromatic carbocycles. The fourth-order valence-corrected chi connectivity index (χ4v) is 2.55. The fraction of sp³-hybridized carbons (Fsp3) is 0.500. The highest BCUT2D eigenvalue weighted by Gasteiger charge is 2.44. The van der Waals surface area contributed by atoms with Crippen LogP contribution in [0, 0.1) is 0 Å². The van der Waals surface area contributed by atoms with Gasteiger partial charge in [0.15, 0.2) is 5.79 Å². The number of likely N-dealkylation sites (tertiary alicyclic amines) is 1. The van der Waals surface area contributed by atoms with E-state index in [4.69, 9.17) is 9.47 Å². The Kier molecular flexibility index (Phi) is 3.40. The molecule has 0 radical (unpaired) electrons. The van der Waals surface area contributed by atoms with Gasteiger partial charge in [0.25, 0.3) is 0 Å². The minimum Gasteiger partial charge on any atom is -0.346 e. The van der Waals surface area contributed by atoms with E-state index in [0.717, 1.165) is 12.0 Å². The van der Waals surface area contributed by atoms with Gasteiger partial charge in [0.05, 0.1) is 19.8 Å². The van der Waals surface area contributed by atoms with Crippen LogP contribution in [-0.4, -0.2) is 43.0 Å². The molecule has 1 N–H and O–H groups in total. The smallest absolute Gasteiger partial charge is 0.317 e. The Morgan fingerprint density at radius 1 is 1.26 bits per heavy atom. The summed E-state index contributed by atoms with van der Waals surface area (Å²) in [4.78, 5) is 13.8. The molecule has 0 unspecified atom stereocenters. The lowest BCUT2D eigenvalue weighted by atomic mass is 10.2. The van der Waals surface area contributed by atoms with Gasteiger partial charge in [-0.3, -0.25) is 0 Å². The van der Waals surface area contributed by atoms with E-state index in [2.05, 4.69) is 5.32 Å².